The van der Waals surface area contributed by atoms with Gasteiger partial charge in [-0.05, 0) is 37.2 Å². The zero-order chi connectivity index (χ0) is 16.4. The van der Waals surface area contributed by atoms with Crippen molar-refractivity contribution in [3.8, 4) is 0 Å². The van der Waals surface area contributed by atoms with Crippen LogP contribution in [-0.4, -0.2) is 34.0 Å². The monoisotopic (exact) mass is 325 g/mol. The topological polar surface area (TPSA) is 59.2 Å². The summed E-state index contributed by atoms with van der Waals surface area (Å²) in [7, 11) is 0. The first kappa shape index (κ1) is 15.4. The molecule has 126 valence electrons. The number of hydrogen-bond acceptors (Lipinski definition) is 4. The van der Waals surface area contributed by atoms with Crippen molar-refractivity contribution < 1.29 is 9.32 Å². The molecule has 24 heavy (non-hydrogen) atoms. The maximum Gasteiger partial charge on any atom is 0.229 e. The molecule has 1 aromatic heterocycles. The molecule has 0 spiro atoms. The molecule has 4 rings (SSSR count). The van der Waals surface area contributed by atoms with Gasteiger partial charge in [0.15, 0.2) is 5.82 Å². The number of nitrogens with zero attached hydrogens (tertiary/aromatic N) is 3. The molecule has 5 heteroatoms. The molecular weight excluding hydrogens is 302 g/mol. The Morgan fingerprint density at radius 3 is 2.83 bits per heavy atom. The Morgan fingerprint density at radius 2 is 2.04 bits per heavy atom. The third-order valence-electron chi connectivity index (χ3n) is 4.99. The van der Waals surface area contributed by atoms with Gasteiger partial charge in [0.25, 0.3) is 0 Å². The predicted octanol–water partition coefficient (Wildman–Crippen LogP) is 2.97. The number of hydrogen-bond donors (Lipinski definition) is 0. The van der Waals surface area contributed by atoms with Crippen LogP contribution in [0.15, 0.2) is 34.9 Å². The molecule has 2 aliphatic rings. The summed E-state index contributed by atoms with van der Waals surface area (Å²) in [5, 5.41) is 4.10. The summed E-state index contributed by atoms with van der Waals surface area (Å²) < 4.78 is 5.32. The lowest BCUT2D eigenvalue weighted by Gasteiger charge is -2.16. The average molecular weight is 325 g/mol. The van der Waals surface area contributed by atoms with Crippen molar-refractivity contribution >= 4 is 5.91 Å². The Morgan fingerprint density at radius 1 is 1.21 bits per heavy atom. The number of rotatable bonds is 6. The van der Waals surface area contributed by atoms with Crippen LogP contribution in [0.2, 0.25) is 0 Å². The SMILES string of the molecule is O=C(CCc1ccccc1)N1CCC(Cc2noc(C3CC3)n2)C1. The van der Waals surface area contributed by atoms with Gasteiger partial charge in [-0.2, -0.15) is 4.98 Å². The standard InChI is InChI=1S/C19H23N3O2/c23-18(9-6-14-4-2-1-3-5-14)22-11-10-15(13-22)12-17-20-19(24-21-17)16-7-8-16/h1-5,15-16H,6-13H2. The van der Waals surface area contributed by atoms with Crippen molar-refractivity contribution in [1.29, 1.82) is 0 Å². The Hall–Kier alpha value is -2.17. The summed E-state index contributed by atoms with van der Waals surface area (Å²) in [6.07, 6.45) is 5.60. The maximum atomic E-state index is 12.4. The zero-order valence-corrected chi connectivity index (χ0v) is 13.9. The molecular formula is C19H23N3O2. The van der Waals surface area contributed by atoms with Crippen molar-refractivity contribution in [3.05, 3.63) is 47.6 Å². The number of aryl methyl sites for hydroxylation is 1. The summed E-state index contributed by atoms with van der Waals surface area (Å²) >= 11 is 0. The van der Waals surface area contributed by atoms with Gasteiger partial charge in [0, 0.05) is 31.8 Å². The first-order valence-electron chi connectivity index (χ1n) is 8.92. The van der Waals surface area contributed by atoms with Gasteiger partial charge in [0.05, 0.1) is 0 Å². The molecule has 1 atom stereocenters. The number of aromatic nitrogens is 2. The van der Waals surface area contributed by atoms with E-state index in [1.807, 2.05) is 23.1 Å². The van der Waals surface area contributed by atoms with Gasteiger partial charge in [0.2, 0.25) is 11.8 Å². The molecule has 1 amide bonds. The summed E-state index contributed by atoms with van der Waals surface area (Å²) in [4.78, 5) is 18.9. The van der Waals surface area contributed by atoms with Gasteiger partial charge in [-0.15, -0.1) is 0 Å². The molecule has 0 bridgehead atoms. The van der Waals surface area contributed by atoms with Gasteiger partial charge in [0.1, 0.15) is 0 Å². The smallest absolute Gasteiger partial charge is 0.229 e. The van der Waals surface area contributed by atoms with Gasteiger partial charge in [-0.3, -0.25) is 4.79 Å². The lowest BCUT2D eigenvalue weighted by Crippen LogP contribution is -2.29. The van der Waals surface area contributed by atoms with E-state index in [0.717, 1.165) is 44.1 Å². The van der Waals surface area contributed by atoms with Crippen molar-refractivity contribution in [2.45, 2.75) is 44.4 Å². The predicted molar refractivity (Wildman–Crippen MR) is 89.4 cm³/mol. The van der Waals surface area contributed by atoms with Gasteiger partial charge in [-0.25, -0.2) is 0 Å². The Labute approximate surface area is 142 Å². The molecule has 2 fully saturated rings. The quantitative estimate of drug-likeness (QED) is 0.819. The van der Waals surface area contributed by atoms with E-state index in [9.17, 15) is 4.79 Å². The van der Waals surface area contributed by atoms with Crippen LogP contribution in [0.4, 0.5) is 0 Å². The van der Waals surface area contributed by atoms with Crippen molar-refractivity contribution in [3.63, 3.8) is 0 Å². The van der Waals surface area contributed by atoms with E-state index in [1.165, 1.54) is 18.4 Å². The highest BCUT2D eigenvalue weighted by molar-refractivity contribution is 5.76. The number of carbonyl (C=O) groups excluding carboxylic acids is 1. The normalized spacial score (nSPS) is 20.5. The Balaban J connectivity index is 1.25. The van der Waals surface area contributed by atoms with Gasteiger partial charge >= 0.3 is 0 Å². The maximum absolute atomic E-state index is 12.4. The molecule has 1 aliphatic carbocycles. The molecule has 1 saturated carbocycles. The fourth-order valence-corrected chi connectivity index (χ4v) is 3.38. The highest BCUT2D eigenvalue weighted by atomic mass is 16.5. The summed E-state index contributed by atoms with van der Waals surface area (Å²) in [5.41, 5.74) is 1.22. The van der Waals surface area contributed by atoms with Crippen molar-refractivity contribution in [1.82, 2.24) is 15.0 Å². The van der Waals surface area contributed by atoms with Crippen LogP contribution in [-0.2, 0) is 17.6 Å². The second kappa shape index (κ2) is 6.75. The number of benzene rings is 1. The fourth-order valence-electron chi connectivity index (χ4n) is 3.38. The van der Waals surface area contributed by atoms with Crippen LogP contribution in [0, 0.1) is 5.92 Å². The van der Waals surface area contributed by atoms with Gasteiger partial charge in [-0.1, -0.05) is 35.5 Å². The first-order chi connectivity index (χ1) is 11.8. The largest absolute Gasteiger partial charge is 0.342 e. The minimum absolute atomic E-state index is 0.258. The van der Waals surface area contributed by atoms with E-state index >= 15 is 0 Å². The molecule has 0 radical (unpaired) electrons. The second-order valence-corrected chi connectivity index (χ2v) is 7.01. The van der Waals surface area contributed by atoms with E-state index in [-0.39, 0.29) is 5.91 Å². The molecule has 1 aromatic carbocycles. The molecule has 1 unspecified atom stereocenters. The average Bonchev–Trinajstić information content (AvgIpc) is 3.18. The Bertz CT molecular complexity index is 694. The number of carbonyl (C=O) groups is 1. The summed E-state index contributed by atoms with van der Waals surface area (Å²) in [5.74, 6) is 2.83. The van der Waals surface area contributed by atoms with Crippen molar-refractivity contribution in [2.75, 3.05) is 13.1 Å². The molecule has 5 nitrogen and oxygen atoms in total. The lowest BCUT2D eigenvalue weighted by atomic mass is 10.0. The van der Waals surface area contributed by atoms with E-state index in [0.29, 0.717) is 18.3 Å². The second-order valence-electron chi connectivity index (χ2n) is 7.01. The summed E-state index contributed by atoms with van der Waals surface area (Å²) in [6, 6.07) is 10.2. The highest BCUT2D eigenvalue weighted by Gasteiger charge is 2.31. The minimum atomic E-state index is 0.258. The first-order valence-corrected chi connectivity index (χ1v) is 8.92. The Kier molecular flexibility index (Phi) is 4.32. The number of likely N-dealkylation sites (tertiary alicyclic amines) is 1. The third-order valence-corrected chi connectivity index (χ3v) is 4.99. The van der Waals surface area contributed by atoms with Crippen LogP contribution in [0.3, 0.4) is 0 Å². The molecule has 0 N–H and O–H groups in total. The van der Waals surface area contributed by atoms with E-state index < -0.39 is 0 Å². The van der Waals surface area contributed by atoms with Crippen LogP contribution in [0.5, 0.6) is 0 Å². The minimum Gasteiger partial charge on any atom is -0.342 e. The molecule has 1 saturated heterocycles. The molecule has 2 heterocycles. The van der Waals surface area contributed by atoms with Crippen LogP contribution >= 0.6 is 0 Å². The van der Waals surface area contributed by atoms with E-state index in [4.69, 9.17) is 4.52 Å². The summed E-state index contributed by atoms with van der Waals surface area (Å²) in [6.45, 7) is 1.67. The van der Waals surface area contributed by atoms with Crippen LogP contribution < -0.4 is 0 Å². The molecule has 1 aliphatic heterocycles. The highest BCUT2D eigenvalue weighted by Crippen LogP contribution is 2.39. The zero-order valence-electron chi connectivity index (χ0n) is 13.9. The van der Waals surface area contributed by atoms with Gasteiger partial charge < -0.3 is 9.42 Å². The van der Waals surface area contributed by atoms with Crippen molar-refractivity contribution in [2.24, 2.45) is 5.92 Å². The van der Waals surface area contributed by atoms with E-state index in [1.54, 1.807) is 0 Å². The van der Waals surface area contributed by atoms with Crippen LogP contribution in [0.1, 0.15) is 48.9 Å². The lowest BCUT2D eigenvalue weighted by molar-refractivity contribution is -0.130. The fraction of sp³-hybridized carbons (Fsp3) is 0.526. The van der Waals surface area contributed by atoms with E-state index in [2.05, 4.69) is 22.3 Å². The third kappa shape index (κ3) is 3.66. The van der Waals surface area contributed by atoms with Crippen LogP contribution in [0.25, 0.3) is 0 Å². The number of amides is 1. The molecule has 2 aromatic rings.